The molecule has 0 aliphatic heterocycles. The van der Waals surface area contributed by atoms with E-state index in [2.05, 4.69) is 10.3 Å². The Morgan fingerprint density at radius 2 is 1.67 bits per heavy atom. The number of aliphatic hydroxyl groups is 2. The maximum Gasteiger partial charge on any atom is 0.141 e. The average molecular weight is 288 g/mol. The van der Waals surface area contributed by atoms with E-state index in [1.807, 2.05) is 24.3 Å². The zero-order valence-electron chi connectivity index (χ0n) is 12.0. The molecule has 0 saturated heterocycles. The number of pyridine rings is 1. The van der Waals surface area contributed by atoms with Gasteiger partial charge in [-0.1, -0.05) is 24.3 Å². The van der Waals surface area contributed by atoms with Gasteiger partial charge >= 0.3 is 0 Å². The van der Waals surface area contributed by atoms with Gasteiger partial charge in [-0.15, -0.1) is 0 Å². The first-order chi connectivity index (χ1) is 10.2. The molecule has 0 fully saturated rings. The first-order valence-corrected chi connectivity index (χ1v) is 6.82. The van der Waals surface area contributed by atoms with Crippen LogP contribution in [0.2, 0.25) is 0 Å². The summed E-state index contributed by atoms with van der Waals surface area (Å²) in [6.07, 6.45) is 1.59. The highest BCUT2D eigenvalue weighted by atomic mass is 16.3. The number of nitrogens with zero attached hydrogens (tertiary/aromatic N) is 1. The Hall–Kier alpha value is -1.95. The average Bonchev–Trinajstić information content (AvgIpc) is 2.52. The van der Waals surface area contributed by atoms with Gasteiger partial charge in [-0.2, -0.15) is 0 Å². The van der Waals surface area contributed by atoms with E-state index in [1.165, 1.54) is 0 Å². The molecule has 1 heterocycles. The Bertz CT molecular complexity index is 597. The van der Waals surface area contributed by atoms with Crippen molar-refractivity contribution >= 4 is 0 Å². The van der Waals surface area contributed by atoms with Crippen LogP contribution in [0.4, 0.5) is 0 Å². The molecule has 1 aromatic carbocycles. The monoisotopic (exact) mass is 288 g/mol. The normalized spacial score (nSPS) is 10.8. The third-order valence-electron chi connectivity index (χ3n) is 3.44. The third kappa shape index (κ3) is 3.78. The van der Waals surface area contributed by atoms with Gasteiger partial charge in [0, 0.05) is 30.4 Å². The second kappa shape index (κ2) is 7.17. The lowest BCUT2D eigenvalue weighted by molar-refractivity contribution is 0.278. The highest BCUT2D eigenvalue weighted by molar-refractivity contribution is 5.40. The van der Waals surface area contributed by atoms with Crippen molar-refractivity contribution in [1.29, 1.82) is 0 Å². The van der Waals surface area contributed by atoms with E-state index in [0.717, 1.165) is 11.1 Å². The Morgan fingerprint density at radius 1 is 1.00 bits per heavy atom. The minimum Gasteiger partial charge on any atom is -0.506 e. The fraction of sp³-hybridized carbons (Fsp3) is 0.312. The number of hydrogen-bond donors (Lipinski definition) is 4. The first kappa shape index (κ1) is 15.4. The molecule has 0 amide bonds. The number of hydrogen-bond acceptors (Lipinski definition) is 5. The van der Waals surface area contributed by atoms with Crippen LogP contribution < -0.4 is 5.32 Å². The predicted molar refractivity (Wildman–Crippen MR) is 79.5 cm³/mol. The molecule has 112 valence electrons. The van der Waals surface area contributed by atoms with Gasteiger partial charge in [0.05, 0.1) is 18.9 Å². The number of nitrogens with one attached hydrogen (secondary N) is 1. The van der Waals surface area contributed by atoms with E-state index in [1.54, 1.807) is 13.1 Å². The van der Waals surface area contributed by atoms with E-state index in [-0.39, 0.29) is 19.0 Å². The van der Waals surface area contributed by atoms with Crippen LogP contribution in [0, 0.1) is 6.92 Å². The maximum absolute atomic E-state index is 10.0. The number of aryl methyl sites for hydroxylation is 1. The lowest BCUT2D eigenvalue weighted by Crippen LogP contribution is -2.15. The third-order valence-corrected chi connectivity index (χ3v) is 3.44. The molecule has 1 aromatic heterocycles. The topological polar surface area (TPSA) is 85.6 Å². The highest BCUT2D eigenvalue weighted by Crippen LogP contribution is 2.23. The number of benzene rings is 1. The molecule has 0 aliphatic rings. The summed E-state index contributed by atoms with van der Waals surface area (Å²) < 4.78 is 0. The van der Waals surface area contributed by atoms with Crippen molar-refractivity contribution in [2.75, 3.05) is 0 Å². The summed E-state index contributed by atoms with van der Waals surface area (Å²) in [5.74, 6) is 0.129. The summed E-state index contributed by atoms with van der Waals surface area (Å²) in [5, 5.41) is 31.6. The van der Waals surface area contributed by atoms with Gasteiger partial charge in [0.2, 0.25) is 0 Å². The minimum absolute atomic E-state index is 0.0394. The number of aliphatic hydroxyl groups excluding tert-OH is 2. The van der Waals surface area contributed by atoms with Crippen molar-refractivity contribution in [2.24, 2.45) is 0 Å². The van der Waals surface area contributed by atoms with Crippen LogP contribution in [0.1, 0.15) is 27.9 Å². The zero-order valence-corrected chi connectivity index (χ0v) is 12.0. The van der Waals surface area contributed by atoms with Crippen molar-refractivity contribution < 1.29 is 15.3 Å². The largest absolute Gasteiger partial charge is 0.506 e. The fourth-order valence-electron chi connectivity index (χ4n) is 2.11. The highest BCUT2D eigenvalue weighted by Gasteiger charge is 2.10. The van der Waals surface area contributed by atoms with Crippen molar-refractivity contribution in [3.8, 4) is 5.75 Å². The van der Waals surface area contributed by atoms with Gasteiger partial charge in [0.25, 0.3) is 0 Å². The van der Waals surface area contributed by atoms with Crippen LogP contribution in [0.25, 0.3) is 0 Å². The quantitative estimate of drug-likeness (QED) is 0.645. The second-order valence-corrected chi connectivity index (χ2v) is 4.93. The standard InChI is InChI=1S/C16H20N2O3/c1-11-16(21)15(14(10-20)7-18-11)8-17-6-12-2-4-13(9-19)5-3-12/h2-5,7,17,19-21H,6,8-10H2,1H3. The van der Waals surface area contributed by atoms with E-state index in [4.69, 9.17) is 5.11 Å². The van der Waals surface area contributed by atoms with Crippen molar-refractivity contribution in [1.82, 2.24) is 10.3 Å². The maximum atomic E-state index is 10.0. The van der Waals surface area contributed by atoms with Gasteiger partial charge in [0.15, 0.2) is 0 Å². The number of aromatic hydroxyl groups is 1. The molecule has 0 spiro atoms. The molecule has 0 saturated carbocycles. The van der Waals surface area contributed by atoms with Crippen LogP contribution in [0.3, 0.4) is 0 Å². The molecule has 2 rings (SSSR count). The van der Waals surface area contributed by atoms with Gasteiger partial charge in [-0.3, -0.25) is 4.98 Å². The smallest absolute Gasteiger partial charge is 0.141 e. The summed E-state index contributed by atoms with van der Waals surface area (Å²) in [5.41, 5.74) is 3.82. The summed E-state index contributed by atoms with van der Waals surface area (Å²) >= 11 is 0. The molecule has 0 atom stereocenters. The Balaban J connectivity index is 2.01. The molecular formula is C16H20N2O3. The van der Waals surface area contributed by atoms with Crippen LogP contribution in [0.5, 0.6) is 5.75 Å². The van der Waals surface area contributed by atoms with Crippen LogP contribution in [0.15, 0.2) is 30.5 Å². The van der Waals surface area contributed by atoms with Gasteiger partial charge in [-0.05, 0) is 18.1 Å². The molecule has 0 radical (unpaired) electrons. The summed E-state index contributed by atoms with van der Waals surface area (Å²) in [6.45, 7) is 2.71. The summed E-state index contributed by atoms with van der Waals surface area (Å²) in [6, 6.07) is 7.65. The van der Waals surface area contributed by atoms with Crippen molar-refractivity contribution in [3.63, 3.8) is 0 Å². The van der Waals surface area contributed by atoms with Crippen molar-refractivity contribution in [2.45, 2.75) is 33.2 Å². The van der Waals surface area contributed by atoms with E-state index >= 15 is 0 Å². The fourth-order valence-corrected chi connectivity index (χ4v) is 2.11. The summed E-state index contributed by atoms with van der Waals surface area (Å²) in [4.78, 5) is 4.03. The molecule has 0 aliphatic carbocycles. The lowest BCUT2D eigenvalue weighted by Gasteiger charge is -2.12. The van der Waals surface area contributed by atoms with Gasteiger partial charge < -0.3 is 20.6 Å². The van der Waals surface area contributed by atoms with E-state index in [9.17, 15) is 10.2 Å². The molecule has 4 N–H and O–H groups in total. The molecule has 5 nitrogen and oxygen atoms in total. The van der Waals surface area contributed by atoms with Crippen LogP contribution >= 0.6 is 0 Å². The van der Waals surface area contributed by atoms with Gasteiger partial charge in [-0.25, -0.2) is 0 Å². The Morgan fingerprint density at radius 3 is 2.29 bits per heavy atom. The summed E-state index contributed by atoms with van der Waals surface area (Å²) in [7, 11) is 0. The minimum atomic E-state index is -0.150. The molecule has 5 heteroatoms. The zero-order chi connectivity index (χ0) is 15.2. The van der Waals surface area contributed by atoms with Crippen molar-refractivity contribution in [3.05, 3.63) is 58.4 Å². The molecule has 0 unspecified atom stereocenters. The molecule has 0 bridgehead atoms. The van der Waals surface area contributed by atoms with Crippen LogP contribution in [-0.4, -0.2) is 20.3 Å². The molecule has 21 heavy (non-hydrogen) atoms. The second-order valence-electron chi connectivity index (χ2n) is 4.93. The van der Waals surface area contributed by atoms with E-state index in [0.29, 0.717) is 29.9 Å². The molecule has 2 aromatic rings. The number of aromatic nitrogens is 1. The lowest BCUT2D eigenvalue weighted by atomic mass is 10.1. The first-order valence-electron chi connectivity index (χ1n) is 6.82. The van der Waals surface area contributed by atoms with E-state index < -0.39 is 0 Å². The Kier molecular flexibility index (Phi) is 5.27. The van der Waals surface area contributed by atoms with Gasteiger partial charge in [0.1, 0.15) is 5.75 Å². The number of rotatable bonds is 6. The molecular weight excluding hydrogens is 268 g/mol. The SMILES string of the molecule is Cc1ncc(CO)c(CNCc2ccc(CO)cc2)c1O. The van der Waals surface area contributed by atoms with Crippen LogP contribution in [-0.2, 0) is 26.3 Å². The Labute approximate surface area is 123 Å². The predicted octanol–water partition coefficient (Wildman–Crippen LogP) is 1.37.